The zero-order chi connectivity index (χ0) is 13.0. The Morgan fingerprint density at radius 2 is 2.17 bits per heavy atom. The Bertz CT molecular complexity index is 395. The lowest BCUT2D eigenvalue weighted by Gasteiger charge is -2.37. The first-order chi connectivity index (χ1) is 8.70. The number of halogens is 3. The van der Waals surface area contributed by atoms with Gasteiger partial charge in [-0.15, -0.1) is 11.6 Å². The zero-order valence-electron chi connectivity index (χ0n) is 10.3. The summed E-state index contributed by atoms with van der Waals surface area (Å²) >= 11 is 9.02. The molecule has 0 amide bonds. The first kappa shape index (κ1) is 14.3. The van der Waals surface area contributed by atoms with Crippen LogP contribution >= 0.6 is 27.5 Å². The molecule has 1 aromatic rings. The zero-order valence-corrected chi connectivity index (χ0v) is 12.7. The monoisotopic (exact) mass is 333 g/mol. The number of nitrogens with zero attached hydrogens (tertiary/aromatic N) is 1. The van der Waals surface area contributed by atoms with Crippen LogP contribution in [0.3, 0.4) is 0 Å². The number of rotatable bonds is 6. The molecule has 0 saturated heterocycles. The van der Waals surface area contributed by atoms with E-state index in [0.717, 1.165) is 25.1 Å². The smallest absolute Gasteiger partial charge is 0.137 e. The van der Waals surface area contributed by atoms with Crippen molar-refractivity contribution in [2.24, 2.45) is 0 Å². The quantitative estimate of drug-likeness (QED) is 0.689. The Labute approximate surface area is 121 Å². The van der Waals surface area contributed by atoms with Crippen molar-refractivity contribution in [3.8, 4) is 0 Å². The number of alkyl halides is 1. The second-order valence-electron chi connectivity index (χ2n) is 4.85. The van der Waals surface area contributed by atoms with Gasteiger partial charge in [-0.3, -0.25) is 4.90 Å². The van der Waals surface area contributed by atoms with Crippen molar-refractivity contribution in [2.75, 3.05) is 12.4 Å². The van der Waals surface area contributed by atoms with Gasteiger partial charge in [0.25, 0.3) is 0 Å². The van der Waals surface area contributed by atoms with Gasteiger partial charge < -0.3 is 0 Å². The predicted molar refractivity (Wildman–Crippen MR) is 77.5 cm³/mol. The fraction of sp³-hybridized carbons (Fsp3) is 0.571. The standard InChI is InChI=1S/C14H18BrClFN/c15-13-9-11(5-6-14(13)17)10-18(8-2-7-16)12-3-1-4-12/h5-6,9,12H,1-4,7-8,10H2. The summed E-state index contributed by atoms with van der Waals surface area (Å²) in [5.41, 5.74) is 1.16. The van der Waals surface area contributed by atoms with Crippen molar-refractivity contribution < 1.29 is 4.39 Å². The van der Waals surface area contributed by atoms with E-state index in [2.05, 4.69) is 20.8 Å². The lowest BCUT2D eigenvalue weighted by Crippen LogP contribution is -2.40. The normalized spacial score (nSPS) is 16.0. The maximum atomic E-state index is 13.2. The van der Waals surface area contributed by atoms with Crippen LogP contribution in [0.2, 0.25) is 0 Å². The molecule has 0 spiro atoms. The molecule has 4 heteroatoms. The van der Waals surface area contributed by atoms with Crippen molar-refractivity contribution in [1.82, 2.24) is 4.90 Å². The highest BCUT2D eigenvalue weighted by atomic mass is 79.9. The van der Waals surface area contributed by atoms with Crippen LogP contribution in [0.25, 0.3) is 0 Å². The highest BCUT2D eigenvalue weighted by Gasteiger charge is 2.24. The second kappa shape index (κ2) is 6.88. The van der Waals surface area contributed by atoms with Crippen LogP contribution in [0.4, 0.5) is 4.39 Å². The molecule has 1 nitrogen and oxygen atoms in total. The molecule has 0 bridgehead atoms. The number of hydrogen-bond donors (Lipinski definition) is 0. The van der Waals surface area contributed by atoms with Crippen LogP contribution in [-0.4, -0.2) is 23.4 Å². The fourth-order valence-corrected chi connectivity index (χ4v) is 2.82. The maximum Gasteiger partial charge on any atom is 0.137 e. The van der Waals surface area contributed by atoms with Crippen molar-refractivity contribution in [1.29, 1.82) is 0 Å². The van der Waals surface area contributed by atoms with Gasteiger partial charge in [-0.25, -0.2) is 4.39 Å². The molecule has 1 aromatic carbocycles. The van der Waals surface area contributed by atoms with Crippen LogP contribution in [-0.2, 0) is 6.54 Å². The molecule has 1 fully saturated rings. The third-order valence-corrected chi connectivity index (χ3v) is 4.41. The molecule has 0 atom stereocenters. The van der Waals surface area contributed by atoms with E-state index in [1.807, 2.05) is 12.1 Å². The van der Waals surface area contributed by atoms with E-state index in [9.17, 15) is 4.39 Å². The first-order valence-electron chi connectivity index (χ1n) is 6.44. The lowest BCUT2D eigenvalue weighted by atomic mass is 9.91. The summed E-state index contributed by atoms with van der Waals surface area (Å²) in [6.07, 6.45) is 4.91. The molecule has 1 aliphatic rings. The highest BCUT2D eigenvalue weighted by Crippen LogP contribution is 2.27. The summed E-state index contributed by atoms with van der Waals surface area (Å²) in [6, 6.07) is 5.96. The third kappa shape index (κ3) is 3.69. The van der Waals surface area contributed by atoms with Gasteiger partial charge in [0.05, 0.1) is 4.47 Å². The van der Waals surface area contributed by atoms with Crippen molar-refractivity contribution in [2.45, 2.75) is 38.3 Å². The van der Waals surface area contributed by atoms with Gasteiger partial charge in [0, 0.05) is 18.5 Å². The molecular formula is C14H18BrClFN. The SMILES string of the molecule is Fc1ccc(CN(CCCCl)C2CCC2)cc1Br. The molecule has 0 radical (unpaired) electrons. The molecule has 0 N–H and O–H groups in total. The van der Waals surface area contributed by atoms with Crippen LogP contribution in [0.15, 0.2) is 22.7 Å². The molecule has 18 heavy (non-hydrogen) atoms. The predicted octanol–water partition coefficient (Wildman–Crippen LogP) is 4.57. The number of benzene rings is 1. The van der Waals surface area contributed by atoms with Crippen molar-refractivity contribution in [3.63, 3.8) is 0 Å². The maximum absolute atomic E-state index is 13.2. The van der Waals surface area contributed by atoms with Gasteiger partial charge in [0.15, 0.2) is 0 Å². The van der Waals surface area contributed by atoms with Gasteiger partial charge in [-0.2, -0.15) is 0 Å². The summed E-state index contributed by atoms with van der Waals surface area (Å²) < 4.78 is 13.7. The van der Waals surface area contributed by atoms with E-state index in [1.54, 1.807) is 0 Å². The summed E-state index contributed by atoms with van der Waals surface area (Å²) in [4.78, 5) is 2.48. The van der Waals surface area contributed by atoms with E-state index in [4.69, 9.17) is 11.6 Å². The number of hydrogen-bond acceptors (Lipinski definition) is 1. The summed E-state index contributed by atoms with van der Waals surface area (Å²) in [5.74, 6) is 0.505. The van der Waals surface area contributed by atoms with E-state index in [1.165, 1.54) is 25.3 Å². The molecule has 0 aliphatic heterocycles. The van der Waals surface area contributed by atoms with Gasteiger partial charge >= 0.3 is 0 Å². The molecule has 100 valence electrons. The highest BCUT2D eigenvalue weighted by molar-refractivity contribution is 9.10. The molecule has 0 aromatic heterocycles. The van der Waals surface area contributed by atoms with Crippen LogP contribution < -0.4 is 0 Å². The van der Waals surface area contributed by atoms with E-state index < -0.39 is 0 Å². The minimum Gasteiger partial charge on any atom is -0.296 e. The van der Waals surface area contributed by atoms with Crippen LogP contribution in [0, 0.1) is 5.82 Å². The average molecular weight is 335 g/mol. The van der Waals surface area contributed by atoms with Gasteiger partial charge in [-0.05, 0) is 59.4 Å². The Hall–Kier alpha value is -0.120. The van der Waals surface area contributed by atoms with Gasteiger partial charge in [0.2, 0.25) is 0 Å². The van der Waals surface area contributed by atoms with E-state index in [-0.39, 0.29) is 5.82 Å². The molecule has 0 unspecified atom stereocenters. The molecular weight excluding hydrogens is 317 g/mol. The van der Waals surface area contributed by atoms with E-state index >= 15 is 0 Å². The van der Waals surface area contributed by atoms with E-state index in [0.29, 0.717) is 16.4 Å². The Kier molecular flexibility index (Phi) is 5.46. The Morgan fingerprint density at radius 1 is 1.39 bits per heavy atom. The second-order valence-corrected chi connectivity index (χ2v) is 6.08. The summed E-state index contributed by atoms with van der Waals surface area (Å²) in [5, 5.41) is 0. The Balaban J connectivity index is 1.99. The molecule has 1 saturated carbocycles. The lowest BCUT2D eigenvalue weighted by molar-refractivity contribution is 0.120. The van der Waals surface area contributed by atoms with Crippen LogP contribution in [0.1, 0.15) is 31.2 Å². The van der Waals surface area contributed by atoms with Gasteiger partial charge in [0.1, 0.15) is 5.82 Å². The molecule has 0 heterocycles. The summed E-state index contributed by atoms with van der Waals surface area (Å²) in [7, 11) is 0. The van der Waals surface area contributed by atoms with Gasteiger partial charge in [-0.1, -0.05) is 12.5 Å². The topological polar surface area (TPSA) is 3.24 Å². The fourth-order valence-electron chi connectivity index (χ4n) is 2.28. The third-order valence-electron chi connectivity index (χ3n) is 3.54. The molecule has 1 aliphatic carbocycles. The average Bonchev–Trinajstić information content (AvgIpc) is 2.28. The minimum absolute atomic E-state index is 0.199. The molecule has 2 rings (SSSR count). The minimum atomic E-state index is -0.199. The van der Waals surface area contributed by atoms with Crippen molar-refractivity contribution >= 4 is 27.5 Å². The van der Waals surface area contributed by atoms with Crippen molar-refractivity contribution in [3.05, 3.63) is 34.1 Å². The van der Waals surface area contributed by atoms with Crippen LogP contribution in [0.5, 0.6) is 0 Å². The Morgan fingerprint density at radius 3 is 2.72 bits per heavy atom. The first-order valence-corrected chi connectivity index (χ1v) is 7.77. The largest absolute Gasteiger partial charge is 0.296 e. The summed E-state index contributed by atoms with van der Waals surface area (Å²) in [6.45, 7) is 1.92.